The molecule has 5 nitrogen and oxygen atoms in total. The van der Waals surface area contributed by atoms with Crippen molar-refractivity contribution in [2.45, 2.75) is 45.6 Å². The third kappa shape index (κ3) is 3.48. The lowest BCUT2D eigenvalue weighted by Gasteiger charge is -2.17. The van der Waals surface area contributed by atoms with Crippen molar-refractivity contribution < 1.29 is 19.5 Å². The Balaban J connectivity index is 2.30. The van der Waals surface area contributed by atoms with E-state index < -0.39 is 17.8 Å². The van der Waals surface area contributed by atoms with Gasteiger partial charge in [-0.25, -0.2) is 5.48 Å². The van der Waals surface area contributed by atoms with Gasteiger partial charge in [0.25, 0.3) is 0 Å². The largest absolute Gasteiger partial charge is 0.481 e. The van der Waals surface area contributed by atoms with E-state index in [2.05, 4.69) is 5.48 Å². The van der Waals surface area contributed by atoms with E-state index in [4.69, 9.17) is 9.94 Å². The molecule has 2 unspecified atom stereocenters. The van der Waals surface area contributed by atoms with Crippen LogP contribution in [0.1, 0.15) is 39.5 Å². The predicted molar refractivity (Wildman–Crippen MR) is 57.4 cm³/mol. The molecule has 0 aliphatic heterocycles. The van der Waals surface area contributed by atoms with Gasteiger partial charge in [0.15, 0.2) is 0 Å². The first-order valence-electron chi connectivity index (χ1n) is 5.70. The Labute approximate surface area is 95.1 Å². The first-order valence-corrected chi connectivity index (χ1v) is 5.70. The molecule has 0 aromatic rings. The van der Waals surface area contributed by atoms with Crippen LogP contribution in [0.5, 0.6) is 0 Å². The van der Waals surface area contributed by atoms with Crippen LogP contribution in [0.3, 0.4) is 0 Å². The number of carboxylic acid groups (broad SMARTS) is 1. The van der Waals surface area contributed by atoms with Crippen molar-refractivity contribution in [2.24, 2.45) is 11.8 Å². The van der Waals surface area contributed by atoms with Crippen LogP contribution >= 0.6 is 0 Å². The van der Waals surface area contributed by atoms with E-state index in [0.29, 0.717) is 0 Å². The molecular weight excluding hydrogens is 210 g/mol. The summed E-state index contributed by atoms with van der Waals surface area (Å²) in [7, 11) is 0. The maximum Gasteiger partial charge on any atom is 0.307 e. The van der Waals surface area contributed by atoms with E-state index in [-0.39, 0.29) is 12.0 Å². The van der Waals surface area contributed by atoms with Crippen LogP contribution in [-0.4, -0.2) is 23.1 Å². The Hall–Kier alpha value is -1.10. The molecule has 2 atom stereocenters. The fourth-order valence-corrected chi connectivity index (χ4v) is 1.68. The number of carboxylic acids is 1. The summed E-state index contributed by atoms with van der Waals surface area (Å²) in [6.07, 6.45) is 4.27. The summed E-state index contributed by atoms with van der Waals surface area (Å²) in [5.74, 6) is -2.61. The number of carbonyl (C=O) groups is 2. The maximum atomic E-state index is 11.5. The number of carbonyl (C=O) groups excluding carboxylic acids is 1. The van der Waals surface area contributed by atoms with Gasteiger partial charge in [-0.2, -0.15) is 0 Å². The molecule has 1 fully saturated rings. The first kappa shape index (κ1) is 13.0. The molecule has 1 rings (SSSR count). The van der Waals surface area contributed by atoms with Crippen molar-refractivity contribution in [2.75, 3.05) is 0 Å². The zero-order valence-corrected chi connectivity index (χ0v) is 9.73. The fourth-order valence-electron chi connectivity index (χ4n) is 1.68. The Morgan fingerprint density at radius 3 is 2.31 bits per heavy atom. The highest BCUT2D eigenvalue weighted by atomic mass is 16.7. The van der Waals surface area contributed by atoms with Crippen molar-refractivity contribution in [3.05, 3.63) is 0 Å². The molecule has 1 aliphatic carbocycles. The average Bonchev–Trinajstić information content (AvgIpc) is 2.76. The number of nitrogens with one attached hydrogen (secondary N) is 1. The topological polar surface area (TPSA) is 75.6 Å². The van der Waals surface area contributed by atoms with Gasteiger partial charge in [-0.3, -0.25) is 14.4 Å². The number of hydrogen-bond donors (Lipinski definition) is 2. The Morgan fingerprint density at radius 2 is 1.81 bits per heavy atom. The second kappa shape index (κ2) is 5.84. The summed E-state index contributed by atoms with van der Waals surface area (Å²) in [6, 6.07) is 0. The maximum absolute atomic E-state index is 11.5. The second-order valence-electron chi connectivity index (χ2n) is 4.41. The van der Waals surface area contributed by atoms with Crippen molar-refractivity contribution in [3.8, 4) is 0 Å². The quantitative estimate of drug-likeness (QED) is 0.697. The van der Waals surface area contributed by atoms with Gasteiger partial charge in [-0.05, 0) is 12.8 Å². The minimum absolute atomic E-state index is 0.0938. The number of hydroxylamine groups is 1. The number of amides is 1. The molecule has 92 valence electrons. The molecule has 0 heterocycles. The van der Waals surface area contributed by atoms with Crippen LogP contribution < -0.4 is 5.48 Å². The Morgan fingerprint density at radius 1 is 1.25 bits per heavy atom. The van der Waals surface area contributed by atoms with Crippen LogP contribution in [0.25, 0.3) is 0 Å². The lowest BCUT2D eigenvalue weighted by atomic mass is 9.96. The van der Waals surface area contributed by atoms with E-state index in [1.54, 1.807) is 6.92 Å². The van der Waals surface area contributed by atoms with Gasteiger partial charge in [0.05, 0.1) is 17.9 Å². The standard InChI is InChI=1S/C11H19NO4/c1-7(8(2)11(14)15)10(13)12-16-9-5-3-4-6-9/h7-9H,3-6H2,1-2H3,(H,12,13)(H,14,15). The SMILES string of the molecule is CC(C(=O)O)C(C)C(=O)NOC1CCCC1. The summed E-state index contributed by atoms with van der Waals surface area (Å²) in [4.78, 5) is 27.5. The normalized spacial score (nSPS) is 20.4. The number of hydrogen-bond acceptors (Lipinski definition) is 3. The smallest absolute Gasteiger partial charge is 0.307 e. The zero-order valence-electron chi connectivity index (χ0n) is 9.73. The van der Waals surface area contributed by atoms with E-state index in [9.17, 15) is 9.59 Å². The molecule has 0 aromatic carbocycles. The molecule has 16 heavy (non-hydrogen) atoms. The molecule has 2 N–H and O–H groups in total. The van der Waals surface area contributed by atoms with Gasteiger partial charge in [-0.1, -0.05) is 26.7 Å². The molecular formula is C11H19NO4. The second-order valence-corrected chi connectivity index (χ2v) is 4.41. The number of rotatable bonds is 5. The van der Waals surface area contributed by atoms with E-state index in [1.165, 1.54) is 6.92 Å². The van der Waals surface area contributed by atoms with Crippen molar-refractivity contribution in [1.29, 1.82) is 0 Å². The summed E-state index contributed by atoms with van der Waals surface area (Å²) in [6.45, 7) is 3.11. The zero-order chi connectivity index (χ0) is 12.1. The highest BCUT2D eigenvalue weighted by molar-refractivity contribution is 5.83. The molecule has 1 aliphatic rings. The van der Waals surface area contributed by atoms with Crippen LogP contribution in [-0.2, 0) is 14.4 Å². The summed E-state index contributed by atoms with van der Waals surface area (Å²) in [5, 5.41) is 8.76. The van der Waals surface area contributed by atoms with Gasteiger partial charge >= 0.3 is 5.97 Å². The highest BCUT2D eigenvalue weighted by Gasteiger charge is 2.26. The van der Waals surface area contributed by atoms with E-state index in [1.807, 2.05) is 0 Å². The van der Waals surface area contributed by atoms with Gasteiger partial charge in [0.2, 0.25) is 5.91 Å². The molecule has 5 heteroatoms. The van der Waals surface area contributed by atoms with Gasteiger partial charge in [-0.15, -0.1) is 0 Å². The monoisotopic (exact) mass is 229 g/mol. The van der Waals surface area contributed by atoms with E-state index >= 15 is 0 Å². The minimum atomic E-state index is -0.969. The molecule has 0 radical (unpaired) electrons. The van der Waals surface area contributed by atoms with Crippen LogP contribution in [0, 0.1) is 11.8 Å². The summed E-state index contributed by atoms with van der Waals surface area (Å²) in [5.41, 5.74) is 2.36. The lowest BCUT2D eigenvalue weighted by Crippen LogP contribution is -2.37. The van der Waals surface area contributed by atoms with Crippen LogP contribution in [0.15, 0.2) is 0 Å². The molecule has 0 saturated heterocycles. The Bertz CT molecular complexity index is 261. The molecule has 0 spiro atoms. The molecule has 0 aromatic heterocycles. The highest BCUT2D eigenvalue weighted by Crippen LogP contribution is 2.20. The van der Waals surface area contributed by atoms with Crippen LogP contribution in [0.2, 0.25) is 0 Å². The molecule has 1 saturated carbocycles. The third-order valence-corrected chi connectivity index (χ3v) is 3.18. The fraction of sp³-hybridized carbons (Fsp3) is 0.818. The van der Waals surface area contributed by atoms with E-state index in [0.717, 1.165) is 25.7 Å². The number of aliphatic carboxylic acids is 1. The van der Waals surface area contributed by atoms with Crippen molar-refractivity contribution in [1.82, 2.24) is 5.48 Å². The third-order valence-electron chi connectivity index (χ3n) is 3.18. The summed E-state index contributed by atoms with van der Waals surface area (Å²) >= 11 is 0. The first-order chi connectivity index (χ1) is 7.52. The average molecular weight is 229 g/mol. The molecule has 1 amide bonds. The van der Waals surface area contributed by atoms with Gasteiger partial charge in [0, 0.05) is 0 Å². The lowest BCUT2D eigenvalue weighted by molar-refractivity contribution is -0.151. The van der Waals surface area contributed by atoms with Crippen LogP contribution in [0.4, 0.5) is 0 Å². The van der Waals surface area contributed by atoms with Gasteiger partial charge in [0.1, 0.15) is 0 Å². The Kier molecular flexibility index (Phi) is 4.73. The summed E-state index contributed by atoms with van der Waals surface area (Å²) < 4.78 is 0. The molecule has 0 bridgehead atoms. The van der Waals surface area contributed by atoms with Crippen molar-refractivity contribution in [3.63, 3.8) is 0 Å². The minimum Gasteiger partial charge on any atom is -0.481 e. The van der Waals surface area contributed by atoms with Gasteiger partial charge < -0.3 is 5.11 Å². The van der Waals surface area contributed by atoms with Crippen molar-refractivity contribution >= 4 is 11.9 Å². The predicted octanol–water partition coefficient (Wildman–Crippen LogP) is 1.33.